The molecular formula is C14H9ClN2O4. The first kappa shape index (κ1) is 13.5. The van der Waals surface area contributed by atoms with Gasteiger partial charge in [-0.05, 0) is 12.1 Å². The summed E-state index contributed by atoms with van der Waals surface area (Å²) in [6, 6.07) is 10.4. The molecule has 0 saturated carbocycles. The monoisotopic (exact) mass is 304 g/mol. The van der Waals surface area contributed by atoms with Gasteiger partial charge in [0.15, 0.2) is 5.72 Å². The molecule has 1 aliphatic heterocycles. The smallest absolute Gasteiger partial charge is 0.288 e. The highest BCUT2D eigenvalue weighted by molar-refractivity contribution is 6.32. The minimum absolute atomic E-state index is 0.0371. The van der Waals surface area contributed by atoms with Crippen LogP contribution in [-0.4, -0.2) is 15.9 Å². The Morgan fingerprint density at radius 1 is 1.24 bits per heavy atom. The van der Waals surface area contributed by atoms with Crippen molar-refractivity contribution in [3.8, 4) is 0 Å². The van der Waals surface area contributed by atoms with Crippen molar-refractivity contribution in [1.29, 1.82) is 0 Å². The van der Waals surface area contributed by atoms with Gasteiger partial charge in [-0.3, -0.25) is 14.9 Å². The number of rotatable bonds is 2. The normalized spacial score (nSPS) is 20.0. The van der Waals surface area contributed by atoms with Crippen molar-refractivity contribution in [2.24, 2.45) is 0 Å². The van der Waals surface area contributed by atoms with E-state index in [1.54, 1.807) is 24.3 Å². The number of carbonyl (C=O) groups excluding carboxylic acids is 1. The Morgan fingerprint density at radius 2 is 1.95 bits per heavy atom. The Kier molecular flexibility index (Phi) is 2.93. The van der Waals surface area contributed by atoms with Crippen LogP contribution in [0.5, 0.6) is 0 Å². The van der Waals surface area contributed by atoms with Crippen molar-refractivity contribution >= 4 is 23.2 Å². The zero-order valence-electron chi connectivity index (χ0n) is 10.5. The van der Waals surface area contributed by atoms with E-state index >= 15 is 0 Å². The van der Waals surface area contributed by atoms with Gasteiger partial charge in [0.1, 0.15) is 5.02 Å². The third-order valence-corrected chi connectivity index (χ3v) is 3.74. The molecule has 0 saturated heterocycles. The van der Waals surface area contributed by atoms with Crippen LogP contribution in [0.4, 0.5) is 5.69 Å². The summed E-state index contributed by atoms with van der Waals surface area (Å²) in [6.07, 6.45) is 0. The molecule has 1 aliphatic rings. The average Bonchev–Trinajstić information content (AvgIpc) is 2.72. The number of benzene rings is 2. The fourth-order valence-electron chi connectivity index (χ4n) is 2.40. The molecule has 2 aromatic rings. The maximum atomic E-state index is 11.9. The van der Waals surface area contributed by atoms with Crippen molar-refractivity contribution in [2.75, 3.05) is 0 Å². The van der Waals surface area contributed by atoms with E-state index in [1.807, 2.05) is 0 Å². The van der Waals surface area contributed by atoms with Gasteiger partial charge in [0.25, 0.3) is 11.6 Å². The average molecular weight is 305 g/mol. The molecule has 0 aliphatic carbocycles. The van der Waals surface area contributed by atoms with E-state index in [-0.39, 0.29) is 16.3 Å². The molecule has 1 heterocycles. The van der Waals surface area contributed by atoms with E-state index in [9.17, 15) is 20.0 Å². The van der Waals surface area contributed by atoms with E-state index in [0.29, 0.717) is 11.1 Å². The number of fused-ring (bicyclic) bond motifs is 1. The number of nitro groups is 1. The van der Waals surface area contributed by atoms with Gasteiger partial charge in [-0.15, -0.1) is 0 Å². The molecule has 6 nitrogen and oxygen atoms in total. The molecule has 7 heteroatoms. The summed E-state index contributed by atoms with van der Waals surface area (Å²) in [4.78, 5) is 22.2. The molecule has 2 aromatic carbocycles. The van der Waals surface area contributed by atoms with Gasteiger partial charge in [0.2, 0.25) is 0 Å². The number of halogens is 1. The second-order valence-corrected chi connectivity index (χ2v) is 5.04. The van der Waals surface area contributed by atoms with Gasteiger partial charge >= 0.3 is 0 Å². The number of hydrogen-bond acceptors (Lipinski definition) is 4. The topological polar surface area (TPSA) is 92.5 Å². The van der Waals surface area contributed by atoms with Crippen LogP contribution < -0.4 is 5.32 Å². The fourth-order valence-corrected chi connectivity index (χ4v) is 2.59. The summed E-state index contributed by atoms with van der Waals surface area (Å²) >= 11 is 5.76. The molecule has 1 unspecified atom stereocenters. The number of nitro benzene ring substituents is 1. The first-order valence-electron chi connectivity index (χ1n) is 6.02. The van der Waals surface area contributed by atoms with Crippen LogP contribution in [0.3, 0.4) is 0 Å². The zero-order chi connectivity index (χ0) is 15.2. The van der Waals surface area contributed by atoms with Crippen LogP contribution in [0.15, 0.2) is 42.5 Å². The summed E-state index contributed by atoms with van der Waals surface area (Å²) in [5.41, 5.74) is -1.27. The van der Waals surface area contributed by atoms with Crippen LogP contribution in [0.1, 0.15) is 21.5 Å². The van der Waals surface area contributed by atoms with Crippen molar-refractivity contribution < 1.29 is 14.8 Å². The zero-order valence-corrected chi connectivity index (χ0v) is 11.3. The summed E-state index contributed by atoms with van der Waals surface area (Å²) in [5, 5.41) is 24.2. The number of carbonyl (C=O) groups is 1. The standard InChI is InChI=1S/C14H9ClN2O4/c15-11-6-5-8(7-12(11)17(20)21)14(19)10-4-2-1-3-9(10)13(18)16-14/h1-7,19H,(H,16,18). The van der Waals surface area contributed by atoms with Crippen LogP contribution in [0.2, 0.25) is 5.02 Å². The Labute approximate surface area is 124 Å². The molecule has 0 spiro atoms. The second-order valence-electron chi connectivity index (χ2n) is 4.63. The van der Waals surface area contributed by atoms with Crippen molar-refractivity contribution in [2.45, 2.75) is 5.72 Å². The molecule has 1 atom stereocenters. The van der Waals surface area contributed by atoms with Gasteiger partial charge in [-0.2, -0.15) is 0 Å². The van der Waals surface area contributed by atoms with E-state index < -0.39 is 16.6 Å². The predicted octanol–water partition coefficient (Wildman–Crippen LogP) is 2.18. The number of aliphatic hydroxyl groups is 1. The van der Waals surface area contributed by atoms with E-state index in [4.69, 9.17) is 11.6 Å². The first-order chi connectivity index (χ1) is 9.93. The van der Waals surface area contributed by atoms with Crippen molar-refractivity contribution in [1.82, 2.24) is 5.32 Å². The first-order valence-corrected chi connectivity index (χ1v) is 6.40. The van der Waals surface area contributed by atoms with Crippen LogP contribution >= 0.6 is 11.6 Å². The second kappa shape index (κ2) is 4.54. The molecule has 2 N–H and O–H groups in total. The number of nitrogens with zero attached hydrogens (tertiary/aromatic N) is 1. The van der Waals surface area contributed by atoms with Crippen molar-refractivity contribution in [3.63, 3.8) is 0 Å². The predicted molar refractivity (Wildman–Crippen MR) is 75.0 cm³/mol. The van der Waals surface area contributed by atoms with E-state index in [0.717, 1.165) is 6.07 Å². The SMILES string of the molecule is O=C1NC(O)(c2ccc(Cl)c([N+](=O)[O-])c2)c2ccccc21. The highest BCUT2D eigenvalue weighted by atomic mass is 35.5. The number of nitrogens with one attached hydrogen (secondary N) is 1. The Hall–Kier alpha value is -2.44. The van der Waals surface area contributed by atoms with Gasteiger partial charge < -0.3 is 10.4 Å². The summed E-state index contributed by atoms with van der Waals surface area (Å²) in [7, 11) is 0. The number of hydrogen-bond donors (Lipinski definition) is 2. The van der Waals surface area contributed by atoms with Gasteiger partial charge in [-0.25, -0.2) is 0 Å². The highest BCUT2D eigenvalue weighted by Crippen LogP contribution is 2.37. The lowest BCUT2D eigenvalue weighted by atomic mass is 9.94. The van der Waals surface area contributed by atoms with Crippen LogP contribution in [0, 0.1) is 10.1 Å². The molecule has 1 amide bonds. The minimum atomic E-state index is -1.80. The Balaban J connectivity index is 2.19. The molecule has 0 fully saturated rings. The minimum Gasteiger partial charge on any atom is -0.363 e. The van der Waals surface area contributed by atoms with E-state index in [1.165, 1.54) is 12.1 Å². The van der Waals surface area contributed by atoms with Crippen LogP contribution in [-0.2, 0) is 5.72 Å². The maximum Gasteiger partial charge on any atom is 0.288 e. The lowest BCUT2D eigenvalue weighted by Crippen LogP contribution is -2.40. The lowest BCUT2D eigenvalue weighted by molar-refractivity contribution is -0.384. The molecule has 3 rings (SSSR count). The van der Waals surface area contributed by atoms with Gasteiger partial charge in [0.05, 0.1) is 4.92 Å². The maximum absolute atomic E-state index is 11.9. The third kappa shape index (κ3) is 1.96. The van der Waals surface area contributed by atoms with Gasteiger partial charge in [0, 0.05) is 22.8 Å². The lowest BCUT2D eigenvalue weighted by Gasteiger charge is -2.24. The largest absolute Gasteiger partial charge is 0.363 e. The Bertz CT molecular complexity index is 777. The molecular weight excluding hydrogens is 296 g/mol. The molecule has 0 aromatic heterocycles. The van der Waals surface area contributed by atoms with Crippen molar-refractivity contribution in [3.05, 3.63) is 74.3 Å². The molecule has 0 bridgehead atoms. The molecule has 21 heavy (non-hydrogen) atoms. The van der Waals surface area contributed by atoms with Crippen LogP contribution in [0.25, 0.3) is 0 Å². The third-order valence-electron chi connectivity index (χ3n) is 3.42. The quantitative estimate of drug-likeness (QED) is 0.657. The highest BCUT2D eigenvalue weighted by Gasteiger charge is 2.43. The summed E-state index contributed by atoms with van der Waals surface area (Å²) < 4.78 is 0. The van der Waals surface area contributed by atoms with E-state index in [2.05, 4.69) is 5.32 Å². The Morgan fingerprint density at radius 3 is 2.67 bits per heavy atom. The summed E-state index contributed by atoms with van der Waals surface area (Å²) in [6.45, 7) is 0. The fraction of sp³-hybridized carbons (Fsp3) is 0.0714. The summed E-state index contributed by atoms with van der Waals surface area (Å²) in [5.74, 6) is -0.439. The number of amides is 1. The van der Waals surface area contributed by atoms with Gasteiger partial charge in [-0.1, -0.05) is 35.9 Å². The molecule has 0 radical (unpaired) electrons. The molecule has 106 valence electrons.